The molecule has 0 unspecified atom stereocenters. The van der Waals surface area contributed by atoms with Crippen molar-refractivity contribution in [3.8, 4) is 0 Å². The number of amides is 1. The molecular formula is C13H16Cl3NO4S. The summed E-state index contributed by atoms with van der Waals surface area (Å²) < 4.78 is 7.32. The second-order valence-electron chi connectivity index (χ2n) is 5.28. The Labute approximate surface area is 147 Å². The third-order valence-electron chi connectivity index (χ3n) is 2.39. The SMILES string of the molecule is CCOC(=O)c1cc(C(C)(C)C)sc1NC(=O)OC(Cl)(Cl)Cl. The average Bonchev–Trinajstić information content (AvgIpc) is 2.70. The predicted molar refractivity (Wildman–Crippen MR) is 89.4 cm³/mol. The van der Waals surface area contributed by atoms with Crippen molar-refractivity contribution < 1.29 is 19.1 Å². The lowest BCUT2D eigenvalue weighted by Crippen LogP contribution is -2.21. The normalized spacial score (nSPS) is 12.0. The van der Waals surface area contributed by atoms with E-state index >= 15 is 0 Å². The fourth-order valence-electron chi connectivity index (χ4n) is 1.44. The van der Waals surface area contributed by atoms with E-state index in [9.17, 15) is 9.59 Å². The first-order valence-corrected chi connectivity index (χ1v) is 8.27. The quantitative estimate of drug-likeness (QED) is 0.578. The number of esters is 1. The topological polar surface area (TPSA) is 64.6 Å². The minimum atomic E-state index is -2.18. The lowest BCUT2D eigenvalue weighted by atomic mass is 9.94. The zero-order valence-corrected chi connectivity index (χ0v) is 15.5. The van der Waals surface area contributed by atoms with Crippen LogP contribution in [0.25, 0.3) is 0 Å². The van der Waals surface area contributed by atoms with Gasteiger partial charge in [-0.2, -0.15) is 0 Å². The summed E-state index contributed by atoms with van der Waals surface area (Å²) in [5.41, 5.74) is 0.0309. The predicted octanol–water partition coefficient (Wildman–Crippen LogP) is 5.10. The number of carbonyl (C=O) groups is 2. The Kier molecular flexibility index (Phi) is 6.38. The van der Waals surface area contributed by atoms with Gasteiger partial charge in [0.15, 0.2) is 0 Å². The number of ether oxygens (including phenoxy) is 2. The third kappa shape index (κ3) is 5.83. The molecule has 0 spiro atoms. The van der Waals surface area contributed by atoms with Gasteiger partial charge < -0.3 is 9.47 Å². The lowest BCUT2D eigenvalue weighted by molar-refractivity contribution is 0.0528. The maximum absolute atomic E-state index is 12.0. The van der Waals surface area contributed by atoms with Gasteiger partial charge >= 0.3 is 16.0 Å². The summed E-state index contributed by atoms with van der Waals surface area (Å²) in [5.74, 6) is -0.543. The van der Waals surface area contributed by atoms with Gasteiger partial charge in [-0.05, 0) is 53.2 Å². The van der Waals surface area contributed by atoms with Gasteiger partial charge in [-0.15, -0.1) is 11.3 Å². The highest BCUT2D eigenvalue weighted by molar-refractivity contribution is 7.16. The number of thiophene rings is 1. The van der Waals surface area contributed by atoms with Gasteiger partial charge in [-0.25, -0.2) is 9.59 Å². The van der Waals surface area contributed by atoms with Crippen LogP contribution < -0.4 is 5.32 Å². The first-order valence-electron chi connectivity index (χ1n) is 6.32. The van der Waals surface area contributed by atoms with Crippen molar-refractivity contribution in [2.75, 3.05) is 11.9 Å². The molecule has 1 N–H and O–H groups in total. The Hall–Kier alpha value is -0.690. The van der Waals surface area contributed by atoms with Crippen LogP contribution in [0.1, 0.15) is 42.9 Å². The molecule has 1 aromatic rings. The van der Waals surface area contributed by atoms with E-state index in [-0.39, 0.29) is 22.6 Å². The summed E-state index contributed by atoms with van der Waals surface area (Å²) in [4.78, 5) is 24.6. The number of carbonyl (C=O) groups excluding carboxylic acids is 2. The van der Waals surface area contributed by atoms with Gasteiger partial charge in [-0.1, -0.05) is 20.8 Å². The highest BCUT2D eigenvalue weighted by atomic mass is 35.6. The summed E-state index contributed by atoms with van der Waals surface area (Å²) in [5, 5.41) is 2.68. The van der Waals surface area contributed by atoms with Gasteiger partial charge in [0.05, 0.1) is 12.2 Å². The number of anilines is 1. The molecule has 0 aliphatic carbocycles. The first kappa shape index (κ1) is 19.4. The Bertz CT molecular complexity index is 561. The third-order valence-corrected chi connectivity index (χ3v) is 4.10. The average molecular weight is 389 g/mol. The van der Waals surface area contributed by atoms with E-state index in [0.29, 0.717) is 0 Å². The molecule has 0 bridgehead atoms. The van der Waals surface area contributed by atoms with Crippen LogP contribution in [-0.4, -0.2) is 22.6 Å². The molecule has 1 amide bonds. The molecule has 5 nitrogen and oxygen atoms in total. The van der Waals surface area contributed by atoms with Crippen LogP contribution in [-0.2, 0) is 14.9 Å². The fraction of sp³-hybridized carbons (Fsp3) is 0.538. The second-order valence-corrected chi connectivity index (χ2v) is 8.51. The van der Waals surface area contributed by atoms with E-state index in [1.807, 2.05) is 20.8 Å². The van der Waals surface area contributed by atoms with Crippen LogP contribution in [0.2, 0.25) is 0 Å². The number of hydrogen-bond donors (Lipinski definition) is 1. The lowest BCUT2D eigenvalue weighted by Gasteiger charge is -2.15. The van der Waals surface area contributed by atoms with Crippen molar-refractivity contribution in [3.05, 3.63) is 16.5 Å². The molecule has 0 aliphatic rings. The van der Waals surface area contributed by atoms with Gasteiger partial charge in [-0.3, -0.25) is 5.32 Å². The van der Waals surface area contributed by atoms with Crippen LogP contribution in [0.4, 0.5) is 9.80 Å². The monoisotopic (exact) mass is 387 g/mol. The molecule has 0 fully saturated rings. The summed E-state index contributed by atoms with van der Waals surface area (Å²) in [6, 6.07) is 1.67. The van der Waals surface area contributed by atoms with Crippen molar-refractivity contribution in [1.82, 2.24) is 0 Å². The van der Waals surface area contributed by atoms with Gasteiger partial charge in [0.1, 0.15) is 5.00 Å². The number of nitrogens with one attached hydrogen (secondary N) is 1. The van der Waals surface area contributed by atoms with Crippen LogP contribution in [0.5, 0.6) is 0 Å². The maximum Gasteiger partial charge on any atom is 0.415 e. The van der Waals surface area contributed by atoms with Gasteiger partial charge in [0.25, 0.3) is 0 Å². The van der Waals surface area contributed by atoms with E-state index in [2.05, 4.69) is 10.1 Å². The molecule has 0 saturated carbocycles. The summed E-state index contributed by atoms with van der Waals surface area (Å²) in [6.07, 6.45) is -0.979. The van der Waals surface area contributed by atoms with Crippen LogP contribution in [0, 0.1) is 0 Å². The summed E-state index contributed by atoms with van der Waals surface area (Å²) >= 11 is 17.4. The van der Waals surface area contributed by atoms with Crippen molar-refractivity contribution in [3.63, 3.8) is 0 Å². The second kappa shape index (κ2) is 7.25. The Balaban J connectivity index is 3.08. The molecule has 0 aliphatic heterocycles. The molecule has 0 aromatic carbocycles. The van der Waals surface area contributed by atoms with E-state index < -0.39 is 16.0 Å². The maximum atomic E-state index is 12.0. The number of halogens is 3. The van der Waals surface area contributed by atoms with Crippen molar-refractivity contribution in [2.24, 2.45) is 0 Å². The minimum absolute atomic E-state index is 0.203. The van der Waals surface area contributed by atoms with Crippen molar-refractivity contribution in [1.29, 1.82) is 0 Å². The molecule has 1 rings (SSSR count). The summed E-state index contributed by atoms with van der Waals surface area (Å²) in [7, 11) is 0. The van der Waals surface area contributed by atoms with E-state index in [1.54, 1.807) is 13.0 Å². The highest BCUT2D eigenvalue weighted by Crippen LogP contribution is 2.37. The smallest absolute Gasteiger partial charge is 0.415 e. The Morgan fingerprint density at radius 3 is 2.32 bits per heavy atom. The Morgan fingerprint density at radius 2 is 1.86 bits per heavy atom. The highest BCUT2D eigenvalue weighted by Gasteiger charge is 2.28. The van der Waals surface area contributed by atoms with E-state index in [0.717, 1.165) is 4.88 Å². The molecule has 0 radical (unpaired) electrons. The first-order chi connectivity index (χ1) is 9.94. The molecule has 22 heavy (non-hydrogen) atoms. The molecular weight excluding hydrogens is 373 g/mol. The summed E-state index contributed by atoms with van der Waals surface area (Å²) in [6.45, 7) is 7.86. The van der Waals surface area contributed by atoms with Gasteiger partial charge in [0.2, 0.25) is 0 Å². The zero-order valence-electron chi connectivity index (χ0n) is 12.5. The van der Waals surface area contributed by atoms with E-state index in [1.165, 1.54) is 11.3 Å². The molecule has 0 saturated heterocycles. The largest absolute Gasteiger partial charge is 0.462 e. The standard InChI is InChI=1S/C13H16Cl3NO4S/c1-5-20-10(18)7-6-8(12(2,3)4)22-9(7)17-11(19)21-13(14,15)16/h6H,5H2,1-4H3,(H,17,19). The van der Waals surface area contributed by atoms with Crippen molar-refractivity contribution in [2.45, 2.75) is 37.1 Å². The number of hydrogen-bond acceptors (Lipinski definition) is 5. The minimum Gasteiger partial charge on any atom is -0.462 e. The molecule has 9 heteroatoms. The van der Waals surface area contributed by atoms with Crippen LogP contribution in [0.3, 0.4) is 0 Å². The van der Waals surface area contributed by atoms with Crippen molar-refractivity contribution >= 4 is 63.2 Å². The molecule has 1 heterocycles. The van der Waals surface area contributed by atoms with Gasteiger partial charge in [0, 0.05) is 4.88 Å². The molecule has 124 valence electrons. The zero-order chi connectivity index (χ0) is 17.1. The Morgan fingerprint density at radius 1 is 1.27 bits per heavy atom. The van der Waals surface area contributed by atoms with Crippen LogP contribution >= 0.6 is 46.1 Å². The van der Waals surface area contributed by atoms with Crippen LogP contribution in [0.15, 0.2) is 6.07 Å². The molecule has 1 aromatic heterocycles. The fourth-order valence-corrected chi connectivity index (χ4v) is 2.74. The van der Waals surface area contributed by atoms with E-state index in [4.69, 9.17) is 39.5 Å². The molecule has 0 atom stereocenters. The number of rotatable bonds is 3. The number of alkyl halides is 3.